The van der Waals surface area contributed by atoms with Gasteiger partial charge in [-0.15, -0.1) is 4.83 Å². The average molecular weight is 343 g/mol. The Balaban J connectivity index is 2.07. The summed E-state index contributed by atoms with van der Waals surface area (Å²) in [6.07, 6.45) is 1.34. The lowest BCUT2D eigenvalue weighted by Crippen LogP contribution is -2.44. The smallest absolute Gasteiger partial charge is 0.260 e. The van der Waals surface area contributed by atoms with E-state index >= 15 is 0 Å². The fraction of sp³-hybridized carbons (Fsp3) is 0.0769. The number of carbonyl (C=O) groups is 1. The maximum atomic E-state index is 13.4. The van der Waals surface area contributed by atoms with Gasteiger partial charge in [0.25, 0.3) is 21.5 Å². The quantitative estimate of drug-likeness (QED) is 0.755. The maximum Gasteiger partial charge on any atom is 0.260 e. The van der Waals surface area contributed by atoms with E-state index in [9.17, 15) is 26.8 Å². The molecule has 0 unspecified atom stereocenters. The molecule has 0 aliphatic carbocycles. The van der Waals surface area contributed by atoms with Crippen LogP contribution < -0.4 is 15.8 Å². The van der Waals surface area contributed by atoms with Crippen LogP contribution in [0.4, 0.5) is 8.78 Å². The lowest BCUT2D eigenvalue weighted by atomic mass is 10.3. The molecule has 7 nitrogen and oxygen atoms in total. The molecule has 2 N–H and O–H groups in total. The highest BCUT2D eigenvalue weighted by atomic mass is 32.2. The molecule has 0 radical (unpaired) electrons. The molecule has 23 heavy (non-hydrogen) atoms. The molecule has 0 saturated carbocycles. The highest BCUT2D eigenvalue weighted by molar-refractivity contribution is 7.89. The molecule has 0 spiro atoms. The first-order valence-electron chi connectivity index (χ1n) is 6.21. The highest BCUT2D eigenvalue weighted by Crippen LogP contribution is 2.14. The van der Waals surface area contributed by atoms with Crippen LogP contribution in [-0.4, -0.2) is 18.9 Å². The van der Waals surface area contributed by atoms with Gasteiger partial charge in [0.05, 0.1) is 0 Å². The SMILES string of the molecule is O=C(Cn1ccccc1=O)NNS(=O)(=O)c1cc(F)ccc1F. The average Bonchev–Trinajstić information content (AvgIpc) is 2.50. The Bertz CT molecular complexity index is 896. The Kier molecular flexibility index (Phi) is 4.86. The first-order valence-corrected chi connectivity index (χ1v) is 7.69. The minimum atomic E-state index is -4.50. The lowest BCUT2D eigenvalue weighted by Gasteiger charge is -2.10. The lowest BCUT2D eigenvalue weighted by molar-refractivity contribution is -0.122. The van der Waals surface area contributed by atoms with E-state index in [2.05, 4.69) is 0 Å². The van der Waals surface area contributed by atoms with Gasteiger partial charge in [-0.05, 0) is 24.3 Å². The van der Waals surface area contributed by atoms with Crippen molar-refractivity contribution < 1.29 is 22.0 Å². The second kappa shape index (κ2) is 6.67. The van der Waals surface area contributed by atoms with Gasteiger partial charge in [-0.1, -0.05) is 6.07 Å². The Morgan fingerprint density at radius 2 is 1.91 bits per heavy atom. The fourth-order valence-electron chi connectivity index (χ4n) is 1.65. The number of aromatic nitrogens is 1. The number of rotatable bonds is 5. The molecule has 0 saturated heterocycles. The number of pyridine rings is 1. The second-order valence-corrected chi connectivity index (χ2v) is 6.05. The van der Waals surface area contributed by atoms with Gasteiger partial charge in [-0.2, -0.15) is 0 Å². The Morgan fingerprint density at radius 3 is 2.61 bits per heavy atom. The normalized spacial score (nSPS) is 11.2. The van der Waals surface area contributed by atoms with Crippen LogP contribution in [0.2, 0.25) is 0 Å². The Morgan fingerprint density at radius 1 is 1.17 bits per heavy atom. The third kappa shape index (κ3) is 4.20. The molecule has 0 aliphatic rings. The van der Waals surface area contributed by atoms with Crippen LogP contribution in [0.5, 0.6) is 0 Å². The molecule has 1 aromatic carbocycles. The van der Waals surface area contributed by atoms with E-state index in [4.69, 9.17) is 0 Å². The van der Waals surface area contributed by atoms with E-state index in [-0.39, 0.29) is 0 Å². The van der Waals surface area contributed by atoms with Gasteiger partial charge in [0.2, 0.25) is 0 Å². The standard InChI is InChI=1S/C13H11F2N3O4S/c14-9-4-5-10(15)11(7-9)23(21,22)17-16-12(19)8-18-6-2-1-3-13(18)20/h1-7,17H,8H2,(H,16,19). The first kappa shape index (κ1) is 16.8. The van der Waals surface area contributed by atoms with Crippen molar-refractivity contribution in [1.82, 2.24) is 14.8 Å². The van der Waals surface area contributed by atoms with Crippen LogP contribution in [0.25, 0.3) is 0 Å². The molecule has 2 rings (SSSR count). The van der Waals surface area contributed by atoms with E-state index in [0.717, 1.165) is 10.6 Å². The largest absolute Gasteiger partial charge is 0.306 e. The second-order valence-electron chi connectivity index (χ2n) is 4.40. The van der Waals surface area contributed by atoms with Crippen molar-refractivity contribution >= 4 is 15.9 Å². The first-order chi connectivity index (χ1) is 10.8. The van der Waals surface area contributed by atoms with E-state index in [1.54, 1.807) is 4.83 Å². The van der Waals surface area contributed by atoms with Crippen molar-refractivity contribution in [1.29, 1.82) is 0 Å². The van der Waals surface area contributed by atoms with Crippen molar-refractivity contribution in [3.63, 3.8) is 0 Å². The summed E-state index contributed by atoms with van der Waals surface area (Å²) in [7, 11) is -4.50. The van der Waals surface area contributed by atoms with Crippen molar-refractivity contribution in [3.05, 3.63) is 64.6 Å². The van der Waals surface area contributed by atoms with Gasteiger partial charge in [0.1, 0.15) is 23.1 Å². The molecule has 0 atom stereocenters. The number of hydrogen-bond donors (Lipinski definition) is 2. The Labute approximate surface area is 129 Å². The summed E-state index contributed by atoms with van der Waals surface area (Å²) < 4.78 is 51.2. The number of halogens is 2. The van der Waals surface area contributed by atoms with Crippen molar-refractivity contribution in [2.75, 3.05) is 0 Å². The molecular weight excluding hydrogens is 332 g/mol. The molecule has 0 bridgehead atoms. The fourth-order valence-corrected chi connectivity index (χ4v) is 2.60. The van der Waals surface area contributed by atoms with Crippen LogP contribution in [0.3, 0.4) is 0 Å². The van der Waals surface area contributed by atoms with Gasteiger partial charge in [0, 0.05) is 12.3 Å². The summed E-state index contributed by atoms with van der Waals surface area (Å²) >= 11 is 0. The summed E-state index contributed by atoms with van der Waals surface area (Å²) in [4.78, 5) is 23.7. The number of carbonyl (C=O) groups excluding carboxylic acids is 1. The number of sulfonamides is 1. The minimum absolute atomic E-state index is 0.451. The monoisotopic (exact) mass is 343 g/mol. The molecule has 1 aromatic heterocycles. The minimum Gasteiger partial charge on any atom is -0.306 e. The maximum absolute atomic E-state index is 13.4. The number of hydrogen-bond acceptors (Lipinski definition) is 4. The molecule has 1 amide bonds. The third-order valence-electron chi connectivity index (χ3n) is 2.72. The molecule has 1 heterocycles. The summed E-state index contributed by atoms with van der Waals surface area (Å²) in [5.74, 6) is -2.99. The molecule has 122 valence electrons. The Hall–Kier alpha value is -2.59. The number of nitrogens with zero attached hydrogens (tertiary/aromatic N) is 1. The summed E-state index contributed by atoms with van der Waals surface area (Å²) in [6, 6.07) is 6.10. The number of benzene rings is 1. The van der Waals surface area contributed by atoms with Gasteiger partial charge < -0.3 is 4.57 Å². The van der Waals surface area contributed by atoms with E-state index in [0.29, 0.717) is 12.1 Å². The summed E-state index contributed by atoms with van der Waals surface area (Å²) in [5, 5.41) is 0. The van der Waals surface area contributed by atoms with Crippen LogP contribution in [-0.2, 0) is 21.4 Å². The van der Waals surface area contributed by atoms with Crippen LogP contribution in [0.1, 0.15) is 0 Å². The molecule has 2 aromatic rings. The van der Waals surface area contributed by atoms with Crippen molar-refractivity contribution in [2.24, 2.45) is 0 Å². The van der Waals surface area contributed by atoms with E-state index < -0.39 is 44.6 Å². The molecule has 10 heteroatoms. The number of nitrogens with one attached hydrogen (secondary N) is 2. The molecule has 0 aliphatic heterocycles. The van der Waals surface area contributed by atoms with Gasteiger partial charge >= 0.3 is 0 Å². The third-order valence-corrected chi connectivity index (χ3v) is 3.98. The van der Waals surface area contributed by atoms with Crippen LogP contribution in [0, 0.1) is 11.6 Å². The summed E-state index contributed by atoms with van der Waals surface area (Å²) in [6.45, 7) is -0.451. The zero-order chi connectivity index (χ0) is 17.0. The van der Waals surface area contributed by atoms with Crippen LogP contribution in [0.15, 0.2) is 52.3 Å². The van der Waals surface area contributed by atoms with Crippen molar-refractivity contribution in [2.45, 2.75) is 11.4 Å². The zero-order valence-electron chi connectivity index (χ0n) is 11.5. The predicted molar refractivity (Wildman–Crippen MR) is 75.5 cm³/mol. The van der Waals surface area contributed by atoms with Gasteiger partial charge in [0.15, 0.2) is 0 Å². The zero-order valence-corrected chi connectivity index (χ0v) is 12.3. The highest BCUT2D eigenvalue weighted by Gasteiger charge is 2.20. The molecule has 0 fully saturated rings. The number of hydrazine groups is 1. The van der Waals surface area contributed by atoms with Gasteiger partial charge in [-0.25, -0.2) is 17.2 Å². The summed E-state index contributed by atoms with van der Waals surface area (Å²) in [5.41, 5.74) is 1.36. The van der Waals surface area contributed by atoms with E-state index in [1.807, 2.05) is 5.43 Å². The van der Waals surface area contributed by atoms with Crippen molar-refractivity contribution in [3.8, 4) is 0 Å². The van der Waals surface area contributed by atoms with Crippen LogP contribution >= 0.6 is 0 Å². The number of amides is 1. The van der Waals surface area contributed by atoms with Gasteiger partial charge in [-0.3, -0.25) is 15.0 Å². The predicted octanol–water partition coefficient (Wildman–Crippen LogP) is 0.136. The topological polar surface area (TPSA) is 97.3 Å². The van der Waals surface area contributed by atoms with E-state index in [1.165, 1.54) is 24.4 Å². The molecular formula is C13H11F2N3O4S.